The van der Waals surface area contributed by atoms with Gasteiger partial charge >= 0.3 is 0 Å². The van der Waals surface area contributed by atoms with E-state index in [9.17, 15) is 4.39 Å². The van der Waals surface area contributed by atoms with E-state index in [1.165, 1.54) is 12.1 Å². The van der Waals surface area contributed by atoms with E-state index in [0.717, 1.165) is 6.42 Å². The topological polar surface area (TPSA) is 27.0 Å². The SMILES string of the molecule is CCC(C)(C)N(C)Cc1cc(C#N)ccc1F. The van der Waals surface area contributed by atoms with Gasteiger partial charge in [-0.05, 0) is 45.5 Å². The van der Waals surface area contributed by atoms with E-state index in [-0.39, 0.29) is 11.4 Å². The predicted octanol–water partition coefficient (Wildman–Crippen LogP) is 3.32. The summed E-state index contributed by atoms with van der Waals surface area (Å²) in [5.74, 6) is -0.247. The normalized spacial score (nSPS) is 11.6. The zero-order valence-electron chi connectivity index (χ0n) is 10.9. The Morgan fingerprint density at radius 1 is 1.41 bits per heavy atom. The summed E-state index contributed by atoms with van der Waals surface area (Å²) in [6, 6.07) is 6.52. The molecule has 3 heteroatoms. The third-order valence-electron chi connectivity index (χ3n) is 3.48. The van der Waals surface area contributed by atoms with Gasteiger partial charge < -0.3 is 0 Å². The standard InChI is InChI=1S/C14H19FN2/c1-5-14(2,3)17(4)10-12-8-11(9-16)6-7-13(12)15/h6-8H,5,10H2,1-4H3. The number of hydrogen-bond donors (Lipinski definition) is 0. The molecule has 92 valence electrons. The lowest BCUT2D eigenvalue weighted by Crippen LogP contribution is -2.40. The first-order chi connectivity index (χ1) is 7.90. The van der Waals surface area contributed by atoms with Gasteiger partial charge in [-0.15, -0.1) is 0 Å². The Hall–Kier alpha value is -1.40. The molecule has 2 nitrogen and oxygen atoms in total. The Labute approximate surface area is 103 Å². The van der Waals surface area contributed by atoms with Gasteiger partial charge in [0, 0.05) is 17.6 Å². The third-order valence-corrected chi connectivity index (χ3v) is 3.48. The summed E-state index contributed by atoms with van der Waals surface area (Å²) in [6.45, 7) is 6.87. The number of nitriles is 1. The molecule has 0 aliphatic carbocycles. The van der Waals surface area contributed by atoms with Crippen LogP contribution in [0.2, 0.25) is 0 Å². The summed E-state index contributed by atoms with van der Waals surface area (Å²) in [4.78, 5) is 2.10. The highest BCUT2D eigenvalue weighted by Crippen LogP contribution is 2.20. The highest BCUT2D eigenvalue weighted by atomic mass is 19.1. The van der Waals surface area contributed by atoms with Crippen LogP contribution in [0.1, 0.15) is 38.3 Å². The molecule has 0 saturated heterocycles. The summed E-state index contributed by atoms with van der Waals surface area (Å²) >= 11 is 0. The van der Waals surface area contributed by atoms with Crippen LogP contribution in [-0.4, -0.2) is 17.5 Å². The van der Waals surface area contributed by atoms with Crippen LogP contribution in [-0.2, 0) is 6.54 Å². The molecule has 17 heavy (non-hydrogen) atoms. The van der Waals surface area contributed by atoms with E-state index in [0.29, 0.717) is 17.7 Å². The molecule has 0 amide bonds. The van der Waals surface area contributed by atoms with Crippen LogP contribution in [0.15, 0.2) is 18.2 Å². The van der Waals surface area contributed by atoms with Crippen molar-refractivity contribution in [3.8, 4) is 6.07 Å². The molecule has 0 aliphatic rings. The molecule has 0 heterocycles. The van der Waals surface area contributed by atoms with Gasteiger partial charge in [0.15, 0.2) is 0 Å². The highest BCUT2D eigenvalue weighted by molar-refractivity contribution is 5.33. The molecular formula is C14H19FN2. The number of rotatable bonds is 4. The summed E-state index contributed by atoms with van der Waals surface area (Å²) in [5, 5.41) is 8.81. The van der Waals surface area contributed by atoms with Crippen molar-refractivity contribution in [2.45, 2.75) is 39.3 Å². The average molecular weight is 234 g/mol. The molecular weight excluding hydrogens is 215 g/mol. The maximum absolute atomic E-state index is 13.6. The van der Waals surface area contributed by atoms with Crippen molar-refractivity contribution < 1.29 is 4.39 Å². The minimum absolute atomic E-state index is 0.0229. The van der Waals surface area contributed by atoms with Gasteiger partial charge in [0.05, 0.1) is 11.6 Å². The average Bonchev–Trinajstić information content (AvgIpc) is 2.31. The molecule has 0 spiro atoms. The van der Waals surface area contributed by atoms with E-state index in [2.05, 4.69) is 25.7 Å². The van der Waals surface area contributed by atoms with E-state index < -0.39 is 0 Å². The van der Waals surface area contributed by atoms with E-state index in [1.54, 1.807) is 6.07 Å². The number of halogens is 1. The summed E-state index contributed by atoms with van der Waals surface area (Å²) in [7, 11) is 1.97. The highest BCUT2D eigenvalue weighted by Gasteiger charge is 2.21. The molecule has 1 rings (SSSR count). The quantitative estimate of drug-likeness (QED) is 0.799. The Bertz CT molecular complexity index is 432. The first-order valence-corrected chi connectivity index (χ1v) is 5.80. The summed E-state index contributed by atoms with van der Waals surface area (Å²) < 4.78 is 13.6. The first kappa shape index (κ1) is 13.7. The van der Waals surface area contributed by atoms with Gasteiger partial charge in [0.1, 0.15) is 5.82 Å². The van der Waals surface area contributed by atoms with E-state index in [4.69, 9.17) is 5.26 Å². The molecule has 0 radical (unpaired) electrons. The number of nitrogens with zero attached hydrogens (tertiary/aromatic N) is 2. The van der Waals surface area contributed by atoms with Gasteiger partial charge in [0.2, 0.25) is 0 Å². The van der Waals surface area contributed by atoms with E-state index >= 15 is 0 Å². The van der Waals surface area contributed by atoms with Gasteiger partial charge in [-0.3, -0.25) is 4.90 Å². The lowest BCUT2D eigenvalue weighted by molar-refractivity contribution is 0.141. The monoisotopic (exact) mass is 234 g/mol. The lowest BCUT2D eigenvalue weighted by atomic mass is 9.99. The van der Waals surface area contributed by atoms with Crippen molar-refractivity contribution in [2.24, 2.45) is 0 Å². The number of hydrogen-bond acceptors (Lipinski definition) is 2. The van der Waals surface area contributed by atoms with Crippen molar-refractivity contribution >= 4 is 0 Å². The fourth-order valence-corrected chi connectivity index (χ4v) is 1.50. The molecule has 1 aromatic rings. The van der Waals surface area contributed by atoms with Crippen LogP contribution in [0, 0.1) is 17.1 Å². The van der Waals surface area contributed by atoms with Crippen molar-refractivity contribution in [3.05, 3.63) is 35.1 Å². The predicted molar refractivity (Wildman–Crippen MR) is 67.0 cm³/mol. The first-order valence-electron chi connectivity index (χ1n) is 5.80. The maximum atomic E-state index is 13.6. The molecule has 0 atom stereocenters. The second kappa shape index (κ2) is 5.29. The Morgan fingerprint density at radius 3 is 2.59 bits per heavy atom. The molecule has 0 fully saturated rings. The lowest BCUT2D eigenvalue weighted by Gasteiger charge is -2.34. The molecule has 0 N–H and O–H groups in total. The van der Waals surface area contributed by atoms with Crippen LogP contribution in [0.25, 0.3) is 0 Å². The Kier molecular flexibility index (Phi) is 4.25. The largest absolute Gasteiger partial charge is 0.297 e. The van der Waals surface area contributed by atoms with Gasteiger partial charge in [-0.25, -0.2) is 4.39 Å². The molecule has 0 bridgehead atoms. The zero-order valence-corrected chi connectivity index (χ0v) is 10.9. The fourth-order valence-electron chi connectivity index (χ4n) is 1.50. The van der Waals surface area contributed by atoms with Crippen molar-refractivity contribution in [1.29, 1.82) is 5.26 Å². The smallest absolute Gasteiger partial charge is 0.127 e. The minimum Gasteiger partial charge on any atom is -0.297 e. The third kappa shape index (κ3) is 3.28. The van der Waals surface area contributed by atoms with Crippen molar-refractivity contribution in [1.82, 2.24) is 4.90 Å². The maximum Gasteiger partial charge on any atom is 0.127 e. The van der Waals surface area contributed by atoms with Crippen LogP contribution >= 0.6 is 0 Å². The molecule has 0 unspecified atom stereocenters. The van der Waals surface area contributed by atoms with Crippen LogP contribution in [0.3, 0.4) is 0 Å². The zero-order chi connectivity index (χ0) is 13.1. The van der Waals surface area contributed by atoms with Crippen molar-refractivity contribution in [2.75, 3.05) is 7.05 Å². The van der Waals surface area contributed by atoms with Crippen LogP contribution in [0.5, 0.6) is 0 Å². The molecule has 0 aliphatic heterocycles. The molecule has 0 saturated carbocycles. The van der Waals surface area contributed by atoms with Crippen molar-refractivity contribution in [3.63, 3.8) is 0 Å². The van der Waals surface area contributed by atoms with Gasteiger partial charge in [-0.2, -0.15) is 5.26 Å². The Morgan fingerprint density at radius 2 is 2.06 bits per heavy atom. The fraction of sp³-hybridized carbons (Fsp3) is 0.500. The molecule has 0 aromatic heterocycles. The van der Waals surface area contributed by atoms with E-state index in [1.807, 2.05) is 13.1 Å². The minimum atomic E-state index is -0.247. The second-order valence-electron chi connectivity index (χ2n) is 4.94. The van der Waals surface area contributed by atoms with Gasteiger partial charge in [0.25, 0.3) is 0 Å². The Balaban J connectivity index is 2.92. The summed E-state index contributed by atoms with van der Waals surface area (Å²) in [6.07, 6.45) is 0.989. The van der Waals surface area contributed by atoms with Crippen LogP contribution < -0.4 is 0 Å². The summed E-state index contributed by atoms with van der Waals surface area (Å²) in [5.41, 5.74) is 1.10. The second-order valence-corrected chi connectivity index (χ2v) is 4.94. The number of benzene rings is 1. The van der Waals surface area contributed by atoms with Crippen LogP contribution in [0.4, 0.5) is 4.39 Å². The molecule has 1 aromatic carbocycles. The van der Waals surface area contributed by atoms with Gasteiger partial charge in [-0.1, -0.05) is 6.92 Å².